The third-order valence-electron chi connectivity index (χ3n) is 3.07. The standard InChI is InChI=1S/C13H17FN2O4/c1-7(2)8(3)15-11-5-9(13(17)20-4)10(14)6-12(11)16(18)19/h5-8,15H,1-4H3. The number of nitrogens with zero attached hydrogens (tertiary/aromatic N) is 1. The average Bonchev–Trinajstić information content (AvgIpc) is 2.38. The van der Waals surface area contributed by atoms with Crippen LogP contribution < -0.4 is 5.32 Å². The van der Waals surface area contributed by atoms with Gasteiger partial charge in [0, 0.05) is 6.04 Å². The molecule has 0 saturated carbocycles. The predicted molar refractivity (Wildman–Crippen MR) is 72.3 cm³/mol. The minimum absolute atomic E-state index is 0.0790. The number of hydrogen-bond donors (Lipinski definition) is 1. The van der Waals surface area contributed by atoms with Gasteiger partial charge in [0.15, 0.2) is 0 Å². The van der Waals surface area contributed by atoms with Gasteiger partial charge in [-0.3, -0.25) is 10.1 Å². The van der Waals surface area contributed by atoms with Crippen LogP contribution in [-0.2, 0) is 4.74 Å². The van der Waals surface area contributed by atoms with E-state index < -0.39 is 22.4 Å². The first-order chi connectivity index (χ1) is 9.27. The summed E-state index contributed by atoms with van der Waals surface area (Å²) in [6.07, 6.45) is 0. The summed E-state index contributed by atoms with van der Waals surface area (Å²) in [7, 11) is 1.12. The highest BCUT2D eigenvalue weighted by atomic mass is 19.1. The van der Waals surface area contributed by atoms with Gasteiger partial charge in [0.25, 0.3) is 5.69 Å². The highest BCUT2D eigenvalue weighted by molar-refractivity contribution is 5.92. The lowest BCUT2D eigenvalue weighted by Gasteiger charge is -2.19. The SMILES string of the molecule is COC(=O)c1cc(NC(C)C(C)C)c([N+](=O)[O-])cc1F. The Labute approximate surface area is 116 Å². The van der Waals surface area contributed by atoms with E-state index in [2.05, 4.69) is 10.1 Å². The number of carbonyl (C=O) groups excluding carboxylic acids is 1. The summed E-state index contributed by atoms with van der Waals surface area (Å²) < 4.78 is 18.1. The Bertz CT molecular complexity index is 531. The Hall–Kier alpha value is -2.18. The molecule has 0 aliphatic carbocycles. The molecule has 0 fully saturated rings. The first-order valence-corrected chi connectivity index (χ1v) is 6.10. The van der Waals surface area contributed by atoms with E-state index in [4.69, 9.17) is 0 Å². The Morgan fingerprint density at radius 1 is 1.40 bits per heavy atom. The van der Waals surface area contributed by atoms with E-state index in [0.717, 1.165) is 19.2 Å². The van der Waals surface area contributed by atoms with Crippen LogP contribution >= 0.6 is 0 Å². The van der Waals surface area contributed by atoms with Crippen molar-refractivity contribution in [2.24, 2.45) is 5.92 Å². The summed E-state index contributed by atoms with van der Waals surface area (Å²) in [5.41, 5.74) is -0.655. The zero-order valence-corrected chi connectivity index (χ0v) is 11.8. The van der Waals surface area contributed by atoms with Crippen molar-refractivity contribution in [1.29, 1.82) is 0 Å². The van der Waals surface area contributed by atoms with Gasteiger partial charge in [-0.05, 0) is 18.9 Å². The topological polar surface area (TPSA) is 81.5 Å². The van der Waals surface area contributed by atoms with Crippen LogP contribution in [0.3, 0.4) is 0 Å². The van der Waals surface area contributed by atoms with Crippen LogP contribution in [0.4, 0.5) is 15.8 Å². The molecule has 1 aromatic carbocycles. The van der Waals surface area contributed by atoms with Gasteiger partial charge in [-0.25, -0.2) is 9.18 Å². The molecular formula is C13H17FN2O4. The molecule has 0 aliphatic heterocycles. The number of ether oxygens (including phenoxy) is 1. The number of halogens is 1. The molecule has 20 heavy (non-hydrogen) atoms. The molecule has 0 spiro atoms. The number of benzene rings is 1. The second-order valence-electron chi connectivity index (χ2n) is 4.77. The van der Waals surface area contributed by atoms with Crippen molar-refractivity contribution in [3.05, 3.63) is 33.6 Å². The van der Waals surface area contributed by atoms with E-state index in [0.29, 0.717) is 0 Å². The number of nitrogens with one attached hydrogen (secondary N) is 1. The molecule has 0 saturated heterocycles. The summed E-state index contributed by atoms with van der Waals surface area (Å²) in [5.74, 6) is -1.65. The van der Waals surface area contributed by atoms with E-state index in [1.807, 2.05) is 20.8 Å². The summed E-state index contributed by atoms with van der Waals surface area (Å²) in [5, 5.41) is 13.9. The van der Waals surface area contributed by atoms with Crippen molar-refractivity contribution < 1.29 is 18.8 Å². The van der Waals surface area contributed by atoms with Gasteiger partial charge in [-0.2, -0.15) is 0 Å². The molecule has 0 radical (unpaired) electrons. The van der Waals surface area contributed by atoms with Crippen LogP contribution in [0.1, 0.15) is 31.1 Å². The molecule has 0 heterocycles. The van der Waals surface area contributed by atoms with E-state index in [1.54, 1.807) is 0 Å². The van der Waals surface area contributed by atoms with E-state index >= 15 is 0 Å². The van der Waals surface area contributed by atoms with E-state index in [1.165, 1.54) is 0 Å². The third-order valence-corrected chi connectivity index (χ3v) is 3.07. The summed E-state index contributed by atoms with van der Waals surface area (Å²) in [6, 6.07) is 1.75. The number of nitro benzene ring substituents is 1. The average molecular weight is 284 g/mol. The van der Waals surface area contributed by atoms with Crippen molar-refractivity contribution in [3.63, 3.8) is 0 Å². The largest absolute Gasteiger partial charge is 0.465 e. The summed E-state index contributed by atoms with van der Waals surface area (Å²) in [4.78, 5) is 21.7. The number of anilines is 1. The van der Waals surface area contributed by atoms with Gasteiger partial charge in [0.2, 0.25) is 0 Å². The molecule has 1 unspecified atom stereocenters. The van der Waals surface area contributed by atoms with Gasteiger partial charge >= 0.3 is 5.97 Å². The van der Waals surface area contributed by atoms with Crippen LogP contribution in [0.5, 0.6) is 0 Å². The molecule has 0 aliphatic rings. The Morgan fingerprint density at radius 3 is 2.45 bits per heavy atom. The molecule has 7 heteroatoms. The van der Waals surface area contributed by atoms with E-state index in [9.17, 15) is 19.3 Å². The van der Waals surface area contributed by atoms with Crippen LogP contribution in [0.2, 0.25) is 0 Å². The third kappa shape index (κ3) is 3.43. The number of rotatable bonds is 5. The second kappa shape index (κ2) is 6.31. The zero-order chi connectivity index (χ0) is 15.4. The first kappa shape index (κ1) is 15.9. The fourth-order valence-corrected chi connectivity index (χ4v) is 1.51. The fraction of sp³-hybridized carbons (Fsp3) is 0.462. The summed E-state index contributed by atoms with van der Waals surface area (Å²) >= 11 is 0. The van der Waals surface area contributed by atoms with E-state index in [-0.39, 0.29) is 23.2 Å². The second-order valence-corrected chi connectivity index (χ2v) is 4.77. The minimum atomic E-state index is -0.980. The molecule has 0 amide bonds. The number of esters is 1. The van der Waals surface area contributed by atoms with Crippen molar-refractivity contribution in [1.82, 2.24) is 0 Å². The number of nitro groups is 1. The predicted octanol–water partition coefficient (Wildman–Crippen LogP) is 2.98. The molecule has 1 aromatic rings. The van der Waals surface area contributed by atoms with Gasteiger partial charge < -0.3 is 10.1 Å². The normalized spacial score (nSPS) is 12.1. The quantitative estimate of drug-likeness (QED) is 0.510. The van der Waals surface area contributed by atoms with Crippen molar-refractivity contribution >= 4 is 17.3 Å². The molecule has 6 nitrogen and oxygen atoms in total. The fourth-order valence-electron chi connectivity index (χ4n) is 1.51. The molecule has 0 bridgehead atoms. The van der Waals surface area contributed by atoms with Crippen LogP contribution in [0, 0.1) is 21.8 Å². The zero-order valence-electron chi connectivity index (χ0n) is 11.8. The van der Waals surface area contributed by atoms with Crippen molar-refractivity contribution in [2.45, 2.75) is 26.8 Å². The van der Waals surface area contributed by atoms with Gasteiger partial charge in [0.1, 0.15) is 11.5 Å². The maximum atomic E-state index is 13.7. The maximum Gasteiger partial charge on any atom is 0.340 e. The number of carbonyl (C=O) groups is 1. The Morgan fingerprint density at radius 2 is 2.00 bits per heavy atom. The molecule has 110 valence electrons. The molecule has 1 atom stereocenters. The first-order valence-electron chi connectivity index (χ1n) is 6.10. The number of methoxy groups -OCH3 is 1. The van der Waals surface area contributed by atoms with Crippen molar-refractivity contribution in [3.8, 4) is 0 Å². The maximum absolute atomic E-state index is 13.7. The molecule has 1 rings (SSSR count). The minimum Gasteiger partial charge on any atom is -0.465 e. The molecular weight excluding hydrogens is 267 g/mol. The summed E-state index contributed by atoms with van der Waals surface area (Å²) in [6.45, 7) is 5.72. The van der Waals surface area contributed by atoms with Crippen LogP contribution in [0.15, 0.2) is 12.1 Å². The van der Waals surface area contributed by atoms with Gasteiger partial charge in [-0.1, -0.05) is 13.8 Å². The highest BCUT2D eigenvalue weighted by Crippen LogP contribution is 2.29. The smallest absolute Gasteiger partial charge is 0.340 e. The van der Waals surface area contributed by atoms with Crippen LogP contribution in [0.25, 0.3) is 0 Å². The highest BCUT2D eigenvalue weighted by Gasteiger charge is 2.23. The Kier molecular flexibility index (Phi) is 5.01. The number of hydrogen-bond acceptors (Lipinski definition) is 5. The van der Waals surface area contributed by atoms with Gasteiger partial charge in [-0.15, -0.1) is 0 Å². The monoisotopic (exact) mass is 284 g/mol. The lowest BCUT2D eigenvalue weighted by molar-refractivity contribution is -0.384. The van der Waals surface area contributed by atoms with Crippen molar-refractivity contribution in [2.75, 3.05) is 12.4 Å². The lowest BCUT2D eigenvalue weighted by Crippen LogP contribution is -2.22. The van der Waals surface area contributed by atoms with Crippen LogP contribution in [-0.4, -0.2) is 24.0 Å². The van der Waals surface area contributed by atoms with Gasteiger partial charge in [0.05, 0.1) is 23.7 Å². The lowest BCUT2D eigenvalue weighted by atomic mass is 10.1. The Balaban J connectivity index is 3.30. The molecule has 1 N–H and O–H groups in total. The molecule has 0 aromatic heterocycles.